The van der Waals surface area contributed by atoms with Crippen LogP contribution < -0.4 is 5.73 Å². The maximum Gasteiger partial charge on any atom is 0.404 e. The predicted octanol–water partition coefficient (Wildman–Crippen LogP) is 4.46. The molecule has 0 saturated carbocycles. The van der Waals surface area contributed by atoms with E-state index in [0.29, 0.717) is 0 Å². The summed E-state index contributed by atoms with van der Waals surface area (Å²) >= 11 is 0. The molecule has 0 spiro atoms. The summed E-state index contributed by atoms with van der Waals surface area (Å²) in [6, 6.07) is 0. The lowest BCUT2D eigenvalue weighted by Gasteiger charge is -2.43. The van der Waals surface area contributed by atoms with Crippen molar-refractivity contribution in [1.82, 2.24) is 0 Å². The molecule has 42 heavy (non-hydrogen) atoms. The molecule has 1 amide bonds. The zero-order valence-corrected chi connectivity index (χ0v) is 26.3. The Hall–Kier alpha value is -2.46. The third-order valence-corrected chi connectivity index (χ3v) is 8.85. The van der Waals surface area contributed by atoms with Crippen LogP contribution in [0, 0.1) is 35.5 Å². The third kappa shape index (κ3) is 10.1. The van der Waals surface area contributed by atoms with Crippen LogP contribution in [0.2, 0.25) is 0 Å². The minimum atomic E-state index is -0.867. The van der Waals surface area contributed by atoms with Crippen LogP contribution in [0.1, 0.15) is 67.7 Å². The second-order valence-electron chi connectivity index (χ2n) is 12.5. The number of hydrogen-bond acceptors (Lipinski definition) is 8. The molecule has 0 aromatic rings. The van der Waals surface area contributed by atoms with Crippen molar-refractivity contribution in [2.45, 2.75) is 110 Å². The number of aliphatic hydroxyl groups excluding tert-OH is 3. The first kappa shape index (κ1) is 35.7. The standard InChI is InChI=1S/C33H53NO8/c1-9-10-11-20(4)31(42-33(34)39)23(7)28-17-26(40-28)15-18(2)14-21(5)29(36)19(3)12-13-25(35)16-27-22(6)30(37)24(8)32(38)41-27/h9-14,19-31,35-37H,1,15-17H2,2-8H3,(H2,34,39)/b11-10-,13-12-,18-14-/t19-,20-,21-,22-,23-,24+,25+,26-,27-,28+,29-,30-,31-/m0/s1. The molecule has 2 rings (SSSR count). The van der Waals surface area contributed by atoms with Crippen molar-refractivity contribution < 1.29 is 39.1 Å². The zero-order chi connectivity index (χ0) is 31.7. The minimum absolute atomic E-state index is 0.0340. The molecule has 2 heterocycles. The highest BCUT2D eigenvalue weighted by atomic mass is 16.6. The first-order valence-electron chi connectivity index (χ1n) is 15.2. The summed E-state index contributed by atoms with van der Waals surface area (Å²) in [5.41, 5.74) is 6.43. The van der Waals surface area contributed by atoms with E-state index in [-0.39, 0.29) is 48.2 Å². The number of carbonyl (C=O) groups is 2. The van der Waals surface area contributed by atoms with Crippen molar-refractivity contribution in [2.75, 3.05) is 0 Å². The van der Waals surface area contributed by atoms with Gasteiger partial charge in [0, 0.05) is 42.4 Å². The van der Waals surface area contributed by atoms with Crippen molar-refractivity contribution in [2.24, 2.45) is 41.2 Å². The van der Waals surface area contributed by atoms with Gasteiger partial charge < -0.3 is 35.3 Å². The first-order valence-corrected chi connectivity index (χ1v) is 15.2. The van der Waals surface area contributed by atoms with Gasteiger partial charge in [-0.05, 0) is 20.3 Å². The SMILES string of the molecule is C=C/C=C\[C@H](C)[C@H](OC(N)=O)[C@@H](C)[C@H]1C[C@H](C/C(C)=C\[C@H](C)[C@@H](O)[C@@H](C)/C=C\[C@@H](O)C[C@@H]2OC(=O)[C@H](C)[C@@H](O)[C@H]2C)O1. The number of hydrogen-bond donors (Lipinski definition) is 4. The fourth-order valence-electron chi connectivity index (χ4n) is 6.00. The highest BCUT2D eigenvalue weighted by Crippen LogP contribution is 2.36. The molecule has 0 aromatic carbocycles. The van der Waals surface area contributed by atoms with Gasteiger partial charge >= 0.3 is 12.1 Å². The van der Waals surface area contributed by atoms with Gasteiger partial charge in [0.25, 0.3) is 0 Å². The number of amides is 1. The van der Waals surface area contributed by atoms with Crippen molar-refractivity contribution in [3.05, 3.63) is 48.6 Å². The van der Waals surface area contributed by atoms with E-state index in [9.17, 15) is 24.9 Å². The van der Waals surface area contributed by atoms with E-state index in [4.69, 9.17) is 19.9 Å². The lowest BCUT2D eigenvalue weighted by Crippen LogP contribution is -2.48. The van der Waals surface area contributed by atoms with Gasteiger partial charge in [0.05, 0.1) is 36.4 Å². The van der Waals surface area contributed by atoms with Crippen molar-refractivity contribution in [3.63, 3.8) is 0 Å². The Kier molecular flexibility index (Phi) is 14.0. The second kappa shape index (κ2) is 16.4. The number of primary amides is 1. The number of nitrogens with two attached hydrogens (primary N) is 1. The molecule has 2 saturated heterocycles. The predicted molar refractivity (Wildman–Crippen MR) is 162 cm³/mol. The van der Waals surface area contributed by atoms with Gasteiger partial charge in [0.15, 0.2) is 0 Å². The third-order valence-electron chi connectivity index (χ3n) is 8.85. The van der Waals surface area contributed by atoms with Crippen LogP contribution in [0.3, 0.4) is 0 Å². The molecule has 0 radical (unpaired) electrons. The van der Waals surface area contributed by atoms with Crippen molar-refractivity contribution in [1.29, 1.82) is 0 Å². The van der Waals surface area contributed by atoms with Crippen LogP contribution in [-0.2, 0) is 19.0 Å². The highest BCUT2D eigenvalue weighted by molar-refractivity contribution is 5.73. The number of allylic oxidation sites excluding steroid dienone is 2. The normalized spacial score (nSPS) is 31.9. The molecular weight excluding hydrogens is 538 g/mol. The van der Waals surface area contributed by atoms with Crippen LogP contribution in [0.15, 0.2) is 48.6 Å². The number of rotatable bonds is 15. The zero-order valence-electron chi connectivity index (χ0n) is 26.3. The van der Waals surface area contributed by atoms with Gasteiger partial charge in [-0.2, -0.15) is 0 Å². The maximum absolute atomic E-state index is 12.0. The number of cyclic esters (lactones) is 1. The highest BCUT2D eigenvalue weighted by Gasteiger charge is 2.41. The summed E-state index contributed by atoms with van der Waals surface area (Å²) in [7, 11) is 0. The van der Waals surface area contributed by atoms with Gasteiger partial charge in [-0.1, -0.05) is 83.2 Å². The van der Waals surface area contributed by atoms with Gasteiger partial charge in [0.2, 0.25) is 0 Å². The molecule has 2 aliphatic rings. The first-order chi connectivity index (χ1) is 19.7. The average Bonchev–Trinajstić information content (AvgIpc) is 2.91. The number of esters is 1. The Morgan fingerprint density at radius 1 is 1.12 bits per heavy atom. The Balaban J connectivity index is 1.85. The molecule has 5 N–H and O–H groups in total. The molecule has 0 unspecified atom stereocenters. The topological polar surface area (TPSA) is 149 Å². The Labute approximate surface area is 251 Å². The molecule has 0 aromatic heterocycles. The molecule has 0 bridgehead atoms. The average molecular weight is 592 g/mol. The maximum atomic E-state index is 12.0. The largest absolute Gasteiger partial charge is 0.462 e. The van der Waals surface area contributed by atoms with Crippen LogP contribution in [0.25, 0.3) is 0 Å². The Bertz CT molecular complexity index is 987. The second-order valence-corrected chi connectivity index (χ2v) is 12.5. The smallest absolute Gasteiger partial charge is 0.404 e. The lowest BCUT2D eigenvalue weighted by molar-refractivity contribution is -0.179. The molecule has 9 heteroatoms. The Morgan fingerprint density at radius 2 is 1.76 bits per heavy atom. The van der Waals surface area contributed by atoms with E-state index in [1.807, 2.05) is 53.7 Å². The van der Waals surface area contributed by atoms with Crippen LogP contribution in [0.4, 0.5) is 4.79 Å². The fraction of sp³-hybridized carbons (Fsp3) is 0.697. The van der Waals surface area contributed by atoms with E-state index < -0.39 is 48.5 Å². The minimum Gasteiger partial charge on any atom is -0.462 e. The summed E-state index contributed by atoms with van der Waals surface area (Å²) < 4.78 is 17.0. The molecule has 0 aliphatic carbocycles. The van der Waals surface area contributed by atoms with Gasteiger partial charge in [0.1, 0.15) is 12.2 Å². The summed E-state index contributed by atoms with van der Waals surface area (Å²) in [6.45, 7) is 17.0. The van der Waals surface area contributed by atoms with Crippen molar-refractivity contribution >= 4 is 12.1 Å². The number of aliphatic hydroxyl groups is 3. The number of carbonyl (C=O) groups excluding carboxylic acids is 2. The fourth-order valence-corrected chi connectivity index (χ4v) is 6.00. The van der Waals surface area contributed by atoms with E-state index in [1.165, 1.54) is 0 Å². The molecule has 9 nitrogen and oxygen atoms in total. The molecule has 2 fully saturated rings. The summed E-state index contributed by atoms with van der Waals surface area (Å²) in [4.78, 5) is 23.4. The lowest BCUT2D eigenvalue weighted by atomic mass is 9.82. The van der Waals surface area contributed by atoms with Gasteiger partial charge in [-0.3, -0.25) is 4.79 Å². The molecule has 13 atom stereocenters. The molecule has 2 aliphatic heterocycles. The molecule has 238 valence electrons. The summed E-state index contributed by atoms with van der Waals surface area (Å²) in [5.74, 6) is -1.73. The molecular formula is C33H53NO8. The van der Waals surface area contributed by atoms with Crippen LogP contribution in [0.5, 0.6) is 0 Å². The van der Waals surface area contributed by atoms with Crippen molar-refractivity contribution in [3.8, 4) is 0 Å². The summed E-state index contributed by atoms with van der Waals surface area (Å²) in [6.07, 6.45) is 8.55. The van der Waals surface area contributed by atoms with Crippen LogP contribution >= 0.6 is 0 Å². The number of ether oxygens (including phenoxy) is 3. The Morgan fingerprint density at radius 3 is 2.36 bits per heavy atom. The van der Waals surface area contributed by atoms with Gasteiger partial charge in [-0.15, -0.1) is 0 Å². The van der Waals surface area contributed by atoms with E-state index >= 15 is 0 Å². The quantitative estimate of drug-likeness (QED) is 0.124. The van der Waals surface area contributed by atoms with Crippen LogP contribution in [-0.4, -0.2) is 70.1 Å². The van der Waals surface area contributed by atoms with E-state index in [2.05, 4.69) is 12.7 Å². The summed E-state index contributed by atoms with van der Waals surface area (Å²) in [5, 5.41) is 31.7. The van der Waals surface area contributed by atoms with E-state index in [1.54, 1.807) is 25.2 Å². The van der Waals surface area contributed by atoms with E-state index in [0.717, 1.165) is 18.4 Å². The van der Waals surface area contributed by atoms with Gasteiger partial charge in [-0.25, -0.2) is 4.79 Å². The monoisotopic (exact) mass is 591 g/mol.